The number of carbonyl (C=O) groups excluding carboxylic acids is 1. The summed E-state index contributed by atoms with van der Waals surface area (Å²) in [6.45, 7) is 1.92. The molecular formula is C25H23F2N3O2. The van der Waals surface area contributed by atoms with Crippen molar-refractivity contribution in [3.63, 3.8) is 0 Å². The van der Waals surface area contributed by atoms with Crippen LogP contribution >= 0.6 is 0 Å². The van der Waals surface area contributed by atoms with E-state index in [9.17, 15) is 13.6 Å². The highest BCUT2D eigenvalue weighted by molar-refractivity contribution is 6.01. The molecule has 3 heterocycles. The van der Waals surface area contributed by atoms with Crippen molar-refractivity contribution in [2.24, 2.45) is 0 Å². The number of imidazole rings is 1. The summed E-state index contributed by atoms with van der Waals surface area (Å²) in [5.74, 6) is -1.12. The molecule has 0 saturated carbocycles. The number of amides is 1. The first-order valence-corrected chi connectivity index (χ1v) is 10.6. The van der Waals surface area contributed by atoms with Gasteiger partial charge in [0.1, 0.15) is 5.75 Å². The van der Waals surface area contributed by atoms with Crippen molar-refractivity contribution < 1.29 is 18.3 Å². The van der Waals surface area contributed by atoms with E-state index in [1.807, 2.05) is 46.9 Å². The van der Waals surface area contributed by atoms with Gasteiger partial charge in [0.25, 0.3) is 5.91 Å². The normalized spacial score (nSPS) is 21.4. The van der Waals surface area contributed by atoms with Gasteiger partial charge in [0.05, 0.1) is 30.9 Å². The molecule has 1 amide bonds. The molecule has 0 N–H and O–H groups in total. The Labute approximate surface area is 184 Å². The number of carbonyl (C=O) groups is 1. The van der Waals surface area contributed by atoms with Crippen LogP contribution in [0.5, 0.6) is 5.75 Å². The lowest BCUT2D eigenvalue weighted by Crippen LogP contribution is -2.30. The fourth-order valence-corrected chi connectivity index (χ4v) is 4.82. The Morgan fingerprint density at radius 3 is 2.69 bits per heavy atom. The number of ether oxygens (including phenoxy) is 1. The average Bonchev–Trinajstić information content (AvgIpc) is 3.47. The van der Waals surface area contributed by atoms with Crippen LogP contribution < -0.4 is 4.74 Å². The minimum atomic E-state index is -0.881. The first-order chi connectivity index (χ1) is 15.4. The molecule has 2 aromatic carbocycles. The maximum Gasteiger partial charge on any atom is 0.250 e. The highest BCUT2D eigenvalue weighted by Gasteiger charge is 2.44. The molecule has 0 unspecified atom stereocenters. The van der Waals surface area contributed by atoms with E-state index in [0.29, 0.717) is 17.7 Å². The third kappa shape index (κ3) is 3.47. The third-order valence-electron chi connectivity index (χ3n) is 6.33. The lowest BCUT2D eigenvalue weighted by atomic mass is 10.0. The number of methoxy groups -OCH3 is 1. The predicted molar refractivity (Wildman–Crippen MR) is 116 cm³/mol. The maximum absolute atomic E-state index is 13.8. The molecule has 0 radical (unpaired) electrons. The van der Waals surface area contributed by atoms with Crippen LogP contribution in [-0.2, 0) is 4.79 Å². The van der Waals surface area contributed by atoms with Gasteiger partial charge in [-0.2, -0.15) is 0 Å². The van der Waals surface area contributed by atoms with E-state index in [2.05, 4.69) is 4.98 Å². The zero-order chi connectivity index (χ0) is 22.4. The van der Waals surface area contributed by atoms with Gasteiger partial charge in [-0.3, -0.25) is 4.79 Å². The molecule has 164 valence electrons. The molecule has 1 aromatic heterocycles. The SMILES string of the molecule is COc1cc(/C=C2\C[C@H]3CC[C@@H](c4ccc(F)c(F)c4)N3C2=O)ccc1-n1cnc(C)c1. The van der Waals surface area contributed by atoms with E-state index in [-0.39, 0.29) is 18.0 Å². The molecule has 2 fully saturated rings. The van der Waals surface area contributed by atoms with Crippen LogP contribution in [0.25, 0.3) is 11.8 Å². The summed E-state index contributed by atoms with van der Waals surface area (Å²) in [6, 6.07) is 9.56. The summed E-state index contributed by atoms with van der Waals surface area (Å²) in [5.41, 5.74) is 4.01. The molecule has 3 aromatic rings. The molecule has 0 bridgehead atoms. The number of aryl methyl sites for hydroxylation is 1. The van der Waals surface area contributed by atoms with Crippen LogP contribution in [0.4, 0.5) is 8.78 Å². The van der Waals surface area contributed by atoms with E-state index in [4.69, 9.17) is 4.74 Å². The largest absolute Gasteiger partial charge is 0.495 e. The van der Waals surface area contributed by atoms with Crippen LogP contribution in [0.2, 0.25) is 0 Å². The molecule has 5 nitrogen and oxygen atoms in total. The van der Waals surface area contributed by atoms with Crippen LogP contribution in [0, 0.1) is 18.6 Å². The minimum absolute atomic E-state index is 0.0458. The molecule has 2 atom stereocenters. The van der Waals surface area contributed by atoms with E-state index in [1.54, 1.807) is 19.5 Å². The summed E-state index contributed by atoms with van der Waals surface area (Å²) in [6.07, 6.45) is 7.79. The van der Waals surface area contributed by atoms with Crippen LogP contribution in [-0.4, -0.2) is 33.5 Å². The van der Waals surface area contributed by atoms with Gasteiger partial charge in [-0.05, 0) is 67.7 Å². The lowest BCUT2D eigenvalue weighted by Gasteiger charge is -2.24. The van der Waals surface area contributed by atoms with Gasteiger partial charge in [-0.1, -0.05) is 12.1 Å². The molecule has 7 heteroatoms. The topological polar surface area (TPSA) is 47.4 Å². The Balaban J connectivity index is 1.42. The quantitative estimate of drug-likeness (QED) is 0.543. The second-order valence-corrected chi connectivity index (χ2v) is 8.36. The first kappa shape index (κ1) is 20.4. The maximum atomic E-state index is 13.8. The summed E-state index contributed by atoms with van der Waals surface area (Å²) in [7, 11) is 1.61. The van der Waals surface area contributed by atoms with Crippen LogP contribution in [0.15, 0.2) is 54.5 Å². The Morgan fingerprint density at radius 1 is 1.12 bits per heavy atom. The molecular weight excluding hydrogens is 412 g/mol. The van der Waals surface area contributed by atoms with Crippen molar-refractivity contribution in [3.8, 4) is 11.4 Å². The van der Waals surface area contributed by atoms with Crippen molar-refractivity contribution in [3.05, 3.63) is 83.0 Å². The van der Waals surface area contributed by atoms with Crippen molar-refractivity contribution in [1.29, 1.82) is 0 Å². The summed E-state index contributed by atoms with van der Waals surface area (Å²) in [4.78, 5) is 19.3. The number of rotatable bonds is 4. The number of nitrogens with zero attached hydrogens (tertiary/aromatic N) is 3. The van der Waals surface area contributed by atoms with E-state index in [1.165, 1.54) is 6.07 Å². The summed E-state index contributed by atoms with van der Waals surface area (Å²) >= 11 is 0. The second-order valence-electron chi connectivity index (χ2n) is 8.36. The Morgan fingerprint density at radius 2 is 1.97 bits per heavy atom. The zero-order valence-corrected chi connectivity index (χ0v) is 17.9. The second kappa shape index (κ2) is 7.89. The summed E-state index contributed by atoms with van der Waals surface area (Å²) in [5, 5.41) is 0. The molecule has 2 aliphatic rings. The number of aromatic nitrogens is 2. The Bertz CT molecular complexity index is 1230. The van der Waals surface area contributed by atoms with E-state index >= 15 is 0 Å². The van der Waals surface area contributed by atoms with Gasteiger partial charge in [-0.25, -0.2) is 13.8 Å². The smallest absolute Gasteiger partial charge is 0.250 e. The monoisotopic (exact) mass is 435 g/mol. The Kier molecular flexibility index (Phi) is 5.04. The van der Waals surface area contributed by atoms with Gasteiger partial charge < -0.3 is 14.2 Å². The van der Waals surface area contributed by atoms with Crippen LogP contribution in [0.1, 0.15) is 42.1 Å². The number of hydrogen-bond acceptors (Lipinski definition) is 3. The summed E-state index contributed by atoms with van der Waals surface area (Å²) < 4.78 is 34.6. The number of fused-ring (bicyclic) bond motifs is 1. The molecule has 2 saturated heterocycles. The van der Waals surface area contributed by atoms with Crippen molar-refractivity contribution in [2.45, 2.75) is 38.3 Å². The highest BCUT2D eigenvalue weighted by atomic mass is 19.2. The molecule has 2 aliphatic heterocycles. The lowest BCUT2D eigenvalue weighted by molar-refractivity contribution is -0.127. The zero-order valence-electron chi connectivity index (χ0n) is 17.9. The Hall–Kier alpha value is -3.48. The van der Waals surface area contributed by atoms with Crippen molar-refractivity contribution >= 4 is 12.0 Å². The van der Waals surface area contributed by atoms with Gasteiger partial charge in [0, 0.05) is 17.8 Å². The number of halogens is 2. The fraction of sp³-hybridized carbons (Fsp3) is 0.280. The van der Waals surface area contributed by atoms with Gasteiger partial charge in [0.15, 0.2) is 11.6 Å². The molecule has 0 spiro atoms. The first-order valence-electron chi connectivity index (χ1n) is 10.6. The highest BCUT2D eigenvalue weighted by Crippen LogP contribution is 2.44. The van der Waals surface area contributed by atoms with Gasteiger partial charge in [0.2, 0.25) is 0 Å². The molecule has 0 aliphatic carbocycles. The predicted octanol–water partition coefficient (Wildman–Crippen LogP) is 4.99. The standard InChI is InChI=1S/C25H23F2N3O2/c1-15-13-29(14-28-15)23-7-3-16(10-24(23)32-2)9-18-11-19-5-8-22(30(19)25(18)31)17-4-6-20(26)21(27)12-17/h3-4,6-7,9-10,12-14,19,22H,5,8,11H2,1-2H3/b18-9+/t19-,22+/m1/s1. The third-order valence-corrected chi connectivity index (χ3v) is 6.33. The van der Waals surface area contributed by atoms with Crippen molar-refractivity contribution in [1.82, 2.24) is 14.5 Å². The average molecular weight is 435 g/mol. The van der Waals surface area contributed by atoms with E-state index in [0.717, 1.165) is 41.4 Å². The van der Waals surface area contributed by atoms with E-state index < -0.39 is 11.6 Å². The van der Waals surface area contributed by atoms with Gasteiger partial charge >= 0.3 is 0 Å². The van der Waals surface area contributed by atoms with Crippen LogP contribution in [0.3, 0.4) is 0 Å². The molecule has 32 heavy (non-hydrogen) atoms. The van der Waals surface area contributed by atoms with Gasteiger partial charge in [-0.15, -0.1) is 0 Å². The minimum Gasteiger partial charge on any atom is -0.495 e. The molecule has 5 rings (SSSR count). The number of benzene rings is 2. The fourth-order valence-electron chi connectivity index (χ4n) is 4.82. The van der Waals surface area contributed by atoms with Crippen molar-refractivity contribution in [2.75, 3.05) is 7.11 Å². The number of hydrogen-bond donors (Lipinski definition) is 0.